The molecule has 2 unspecified atom stereocenters. The average molecular weight is 226 g/mol. The molecule has 1 saturated carbocycles. The molecule has 0 aromatic heterocycles. The quantitative estimate of drug-likeness (QED) is 0.730. The predicted octanol–water partition coefficient (Wildman–Crippen LogP) is 2.15. The summed E-state index contributed by atoms with van der Waals surface area (Å²) in [6, 6.07) is 0.242. The van der Waals surface area contributed by atoms with Gasteiger partial charge in [-0.1, -0.05) is 26.2 Å². The number of carbonyl (C=O) groups is 1. The first-order valence-electron chi connectivity index (χ1n) is 6.65. The molecular weight excluding hydrogens is 200 g/mol. The highest BCUT2D eigenvalue weighted by Gasteiger charge is 2.27. The van der Waals surface area contributed by atoms with Gasteiger partial charge in [0.1, 0.15) is 0 Å². The van der Waals surface area contributed by atoms with Crippen molar-refractivity contribution in [2.75, 3.05) is 13.6 Å². The number of nitrogens with two attached hydrogens (primary N) is 1. The summed E-state index contributed by atoms with van der Waals surface area (Å²) in [5, 5.41) is 0. The molecule has 0 saturated heterocycles. The van der Waals surface area contributed by atoms with Crippen LogP contribution in [0.5, 0.6) is 0 Å². The molecule has 1 aliphatic rings. The van der Waals surface area contributed by atoms with Crippen LogP contribution in [-0.4, -0.2) is 30.4 Å². The Kier molecular flexibility index (Phi) is 5.81. The molecule has 1 fully saturated rings. The van der Waals surface area contributed by atoms with E-state index in [1.165, 1.54) is 12.8 Å². The molecule has 0 aromatic carbocycles. The Morgan fingerprint density at radius 2 is 2.12 bits per heavy atom. The van der Waals surface area contributed by atoms with E-state index in [1.54, 1.807) is 0 Å². The van der Waals surface area contributed by atoms with E-state index < -0.39 is 0 Å². The highest BCUT2D eigenvalue weighted by atomic mass is 16.2. The maximum atomic E-state index is 12.1. The van der Waals surface area contributed by atoms with Gasteiger partial charge in [0.25, 0.3) is 0 Å². The van der Waals surface area contributed by atoms with Crippen molar-refractivity contribution in [3.8, 4) is 0 Å². The van der Waals surface area contributed by atoms with Gasteiger partial charge in [-0.15, -0.1) is 0 Å². The lowest BCUT2D eigenvalue weighted by Crippen LogP contribution is -2.39. The standard InChI is InChI=1S/C13H26N2O/c1-3-4-5-9-15(2)13(16)11-7-6-8-12(14)10-11/h11-12H,3-10,14H2,1-2H3. The monoisotopic (exact) mass is 226 g/mol. The fourth-order valence-electron chi connectivity index (χ4n) is 2.47. The van der Waals surface area contributed by atoms with E-state index in [4.69, 9.17) is 5.73 Å². The number of unbranched alkanes of at least 4 members (excludes halogenated alkanes) is 2. The highest BCUT2D eigenvalue weighted by Crippen LogP contribution is 2.24. The smallest absolute Gasteiger partial charge is 0.225 e. The summed E-state index contributed by atoms with van der Waals surface area (Å²) in [6.07, 6.45) is 7.65. The second-order valence-corrected chi connectivity index (χ2v) is 5.09. The van der Waals surface area contributed by atoms with Gasteiger partial charge in [0.2, 0.25) is 5.91 Å². The van der Waals surface area contributed by atoms with Crippen molar-refractivity contribution >= 4 is 5.91 Å². The van der Waals surface area contributed by atoms with Gasteiger partial charge in [0, 0.05) is 25.6 Å². The van der Waals surface area contributed by atoms with Crippen LogP contribution in [0.25, 0.3) is 0 Å². The lowest BCUT2D eigenvalue weighted by atomic mass is 9.85. The molecule has 94 valence electrons. The second-order valence-electron chi connectivity index (χ2n) is 5.09. The lowest BCUT2D eigenvalue weighted by Gasteiger charge is -2.29. The maximum absolute atomic E-state index is 12.1. The van der Waals surface area contributed by atoms with Crippen molar-refractivity contribution in [1.29, 1.82) is 0 Å². The molecule has 0 radical (unpaired) electrons. The zero-order chi connectivity index (χ0) is 12.0. The number of nitrogens with zero attached hydrogens (tertiary/aromatic N) is 1. The van der Waals surface area contributed by atoms with Gasteiger partial charge in [0.05, 0.1) is 0 Å². The Morgan fingerprint density at radius 1 is 1.38 bits per heavy atom. The molecule has 0 spiro atoms. The molecular formula is C13H26N2O. The number of amides is 1. The van der Waals surface area contributed by atoms with Crippen LogP contribution in [0.2, 0.25) is 0 Å². The lowest BCUT2D eigenvalue weighted by molar-refractivity contribution is -0.135. The van der Waals surface area contributed by atoms with Crippen LogP contribution in [-0.2, 0) is 4.79 Å². The van der Waals surface area contributed by atoms with Gasteiger partial charge >= 0.3 is 0 Å². The fourth-order valence-corrected chi connectivity index (χ4v) is 2.47. The summed E-state index contributed by atoms with van der Waals surface area (Å²) in [5.41, 5.74) is 5.91. The summed E-state index contributed by atoms with van der Waals surface area (Å²) in [7, 11) is 1.93. The largest absolute Gasteiger partial charge is 0.346 e. The SMILES string of the molecule is CCCCCN(C)C(=O)C1CCCC(N)C1. The maximum Gasteiger partial charge on any atom is 0.225 e. The van der Waals surface area contributed by atoms with Crippen LogP contribution in [0.3, 0.4) is 0 Å². The third kappa shape index (κ3) is 4.12. The van der Waals surface area contributed by atoms with Gasteiger partial charge in [-0.25, -0.2) is 0 Å². The molecule has 0 aromatic rings. The molecule has 1 rings (SSSR count). The van der Waals surface area contributed by atoms with Crippen molar-refractivity contribution in [1.82, 2.24) is 4.90 Å². The number of hydrogen-bond acceptors (Lipinski definition) is 2. The first kappa shape index (κ1) is 13.5. The van der Waals surface area contributed by atoms with Gasteiger partial charge in [-0.3, -0.25) is 4.79 Å². The van der Waals surface area contributed by atoms with E-state index in [0.29, 0.717) is 5.91 Å². The van der Waals surface area contributed by atoms with E-state index >= 15 is 0 Å². The van der Waals surface area contributed by atoms with E-state index in [1.807, 2.05) is 11.9 Å². The van der Waals surface area contributed by atoms with Crippen molar-refractivity contribution in [3.63, 3.8) is 0 Å². The highest BCUT2D eigenvalue weighted by molar-refractivity contribution is 5.78. The summed E-state index contributed by atoms with van der Waals surface area (Å²) in [6.45, 7) is 3.08. The Balaban J connectivity index is 2.31. The fraction of sp³-hybridized carbons (Fsp3) is 0.923. The summed E-state index contributed by atoms with van der Waals surface area (Å²) < 4.78 is 0. The number of carbonyl (C=O) groups excluding carboxylic acids is 1. The van der Waals surface area contributed by atoms with Crippen molar-refractivity contribution in [3.05, 3.63) is 0 Å². The third-order valence-electron chi connectivity index (χ3n) is 3.54. The second kappa shape index (κ2) is 6.89. The summed E-state index contributed by atoms with van der Waals surface area (Å²) in [5.74, 6) is 0.502. The molecule has 3 nitrogen and oxygen atoms in total. The normalized spacial score (nSPS) is 25.4. The minimum absolute atomic E-state index is 0.190. The van der Waals surface area contributed by atoms with E-state index in [0.717, 1.165) is 38.6 Å². The summed E-state index contributed by atoms with van der Waals surface area (Å²) in [4.78, 5) is 14.0. The Bertz CT molecular complexity index is 218. The molecule has 0 aliphatic heterocycles. The van der Waals surface area contributed by atoms with Gasteiger partial charge in [-0.2, -0.15) is 0 Å². The number of rotatable bonds is 5. The zero-order valence-corrected chi connectivity index (χ0v) is 10.7. The molecule has 0 heterocycles. The molecule has 1 amide bonds. The molecule has 2 atom stereocenters. The van der Waals surface area contributed by atoms with Crippen LogP contribution in [0.15, 0.2) is 0 Å². The predicted molar refractivity (Wildman–Crippen MR) is 67.1 cm³/mol. The summed E-state index contributed by atoms with van der Waals surface area (Å²) >= 11 is 0. The van der Waals surface area contributed by atoms with Gasteiger partial charge in [0.15, 0.2) is 0 Å². The van der Waals surface area contributed by atoms with Gasteiger partial charge < -0.3 is 10.6 Å². The van der Waals surface area contributed by atoms with Crippen LogP contribution in [0.4, 0.5) is 0 Å². The minimum Gasteiger partial charge on any atom is -0.346 e. The first-order valence-corrected chi connectivity index (χ1v) is 6.65. The Labute approximate surface area is 99.4 Å². The molecule has 1 aliphatic carbocycles. The van der Waals surface area contributed by atoms with Crippen molar-refractivity contribution < 1.29 is 4.79 Å². The van der Waals surface area contributed by atoms with E-state index in [2.05, 4.69) is 6.92 Å². The van der Waals surface area contributed by atoms with Crippen molar-refractivity contribution in [2.24, 2.45) is 11.7 Å². The average Bonchev–Trinajstić information content (AvgIpc) is 2.28. The molecule has 0 bridgehead atoms. The first-order chi connectivity index (χ1) is 7.65. The third-order valence-corrected chi connectivity index (χ3v) is 3.54. The molecule has 2 N–H and O–H groups in total. The Morgan fingerprint density at radius 3 is 2.75 bits per heavy atom. The van der Waals surface area contributed by atoms with Gasteiger partial charge in [-0.05, 0) is 25.7 Å². The molecule has 16 heavy (non-hydrogen) atoms. The van der Waals surface area contributed by atoms with Crippen LogP contribution >= 0.6 is 0 Å². The van der Waals surface area contributed by atoms with E-state index in [-0.39, 0.29) is 12.0 Å². The zero-order valence-electron chi connectivity index (χ0n) is 10.7. The topological polar surface area (TPSA) is 46.3 Å². The van der Waals surface area contributed by atoms with Crippen LogP contribution in [0.1, 0.15) is 51.9 Å². The van der Waals surface area contributed by atoms with Crippen LogP contribution in [0, 0.1) is 5.92 Å². The van der Waals surface area contributed by atoms with Crippen LogP contribution < -0.4 is 5.73 Å². The number of hydrogen-bond donors (Lipinski definition) is 1. The van der Waals surface area contributed by atoms with E-state index in [9.17, 15) is 4.79 Å². The van der Waals surface area contributed by atoms with Crippen molar-refractivity contribution in [2.45, 2.75) is 57.9 Å². The minimum atomic E-state index is 0.190. The Hall–Kier alpha value is -0.570. The molecule has 3 heteroatoms.